The van der Waals surface area contributed by atoms with E-state index in [2.05, 4.69) is 39.5 Å². The number of hydrogen-bond acceptors (Lipinski definition) is 5. The number of piperidine rings is 1. The zero-order valence-electron chi connectivity index (χ0n) is 17.4. The minimum atomic E-state index is -0.00992. The van der Waals surface area contributed by atoms with E-state index < -0.39 is 0 Å². The molecule has 0 aliphatic carbocycles. The van der Waals surface area contributed by atoms with Crippen LogP contribution in [0, 0.1) is 13.8 Å². The Morgan fingerprint density at radius 3 is 2.43 bits per heavy atom. The third kappa shape index (κ3) is 3.24. The first-order chi connectivity index (χ1) is 14.6. The molecule has 1 unspecified atom stereocenters. The molecule has 2 aliphatic heterocycles. The third-order valence-electron chi connectivity index (χ3n) is 6.20. The van der Waals surface area contributed by atoms with Crippen molar-refractivity contribution < 1.29 is 4.79 Å². The van der Waals surface area contributed by atoms with Gasteiger partial charge in [-0.1, -0.05) is 24.3 Å². The van der Waals surface area contributed by atoms with Gasteiger partial charge in [0.1, 0.15) is 5.82 Å². The molecule has 1 aromatic carbocycles. The van der Waals surface area contributed by atoms with Gasteiger partial charge in [-0.05, 0) is 56.4 Å². The van der Waals surface area contributed by atoms with Gasteiger partial charge in [0.2, 0.25) is 5.91 Å². The van der Waals surface area contributed by atoms with Crippen molar-refractivity contribution in [2.75, 3.05) is 23.3 Å². The molecule has 0 radical (unpaired) electrons. The van der Waals surface area contributed by atoms with Crippen LogP contribution in [-0.2, 0) is 4.79 Å². The molecule has 1 amide bonds. The van der Waals surface area contributed by atoms with E-state index in [0.29, 0.717) is 18.1 Å². The second-order valence-corrected chi connectivity index (χ2v) is 8.22. The smallest absolute Gasteiger partial charge is 0.226 e. The largest absolute Gasteiger partial charge is 0.355 e. The van der Waals surface area contributed by atoms with Crippen LogP contribution in [-0.4, -0.2) is 39.0 Å². The first-order valence-electron chi connectivity index (χ1n) is 10.7. The monoisotopic (exact) mass is 402 g/mol. The Bertz CT molecular complexity index is 1080. The van der Waals surface area contributed by atoms with Crippen LogP contribution >= 0.6 is 0 Å². The SMILES string of the molecule is Cc1ccccc1C1CC(=O)Nc2c1c(C)nn2-c1ccc(N2CCCCC2)nn1. The van der Waals surface area contributed by atoms with Gasteiger partial charge in [-0.25, -0.2) is 0 Å². The van der Waals surface area contributed by atoms with Crippen LogP contribution in [0.2, 0.25) is 0 Å². The second-order valence-electron chi connectivity index (χ2n) is 8.22. The van der Waals surface area contributed by atoms with Crippen molar-refractivity contribution in [3.05, 3.63) is 58.8 Å². The molecule has 1 N–H and O–H groups in total. The number of rotatable bonds is 3. The van der Waals surface area contributed by atoms with Gasteiger partial charge in [-0.3, -0.25) is 4.79 Å². The normalized spacial score (nSPS) is 18.8. The fourth-order valence-electron chi connectivity index (χ4n) is 4.68. The summed E-state index contributed by atoms with van der Waals surface area (Å²) in [5.41, 5.74) is 4.31. The van der Waals surface area contributed by atoms with E-state index >= 15 is 0 Å². The predicted molar refractivity (Wildman–Crippen MR) is 116 cm³/mol. The number of carbonyl (C=O) groups is 1. The van der Waals surface area contributed by atoms with Crippen LogP contribution < -0.4 is 10.2 Å². The molecular formula is C23H26N6O. The zero-order chi connectivity index (χ0) is 20.7. The quantitative estimate of drug-likeness (QED) is 0.722. The number of nitrogens with one attached hydrogen (secondary N) is 1. The molecular weight excluding hydrogens is 376 g/mol. The van der Waals surface area contributed by atoms with Crippen molar-refractivity contribution in [3.63, 3.8) is 0 Å². The lowest BCUT2D eigenvalue weighted by Crippen LogP contribution is -2.30. The fourth-order valence-corrected chi connectivity index (χ4v) is 4.68. The Morgan fingerprint density at radius 2 is 1.70 bits per heavy atom. The molecule has 0 spiro atoms. The fraction of sp³-hybridized carbons (Fsp3) is 0.391. The van der Waals surface area contributed by atoms with Gasteiger partial charge in [0, 0.05) is 31.0 Å². The Labute approximate surface area is 176 Å². The molecule has 2 aromatic heterocycles. The highest BCUT2D eigenvalue weighted by Crippen LogP contribution is 2.40. The average Bonchev–Trinajstić information content (AvgIpc) is 3.10. The van der Waals surface area contributed by atoms with Crippen molar-refractivity contribution in [2.45, 2.75) is 45.4 Å². The van der Waals surface area contributed by atoms with Crippen LogP contribution in [0.25, 0.3) is 5.82 Å². The molecule has 154 valence electrons. The van der Waals surface area contributed by atoms with E-state index in [1.54, 1.807) is 4.68 Å². The summed E-state index contributed by atoms with van der Waals surface area (Å²) in [7, 11) is 0. The van der Waals surface area contributed by atoms with Gasteiger partial charge in [-0.15, -0.1) is 10.2 Å². The topological polar surface area (TPSA) is 75.9 Å². The van der Waals surface area contributed by atoms with E-state index in [-0.39, 0.29) is 11.8 Å². The van der Waals surface area contributed by atoms with Crippen molar-refractivity contribution in [1.82, 2.24) is 20.0 Å². The Kier molecular flexibility index (Phi) is 4.73. The maximum absolute atomic E-state index is 12.6. The number of aryl methyl sites for hydroxylation is 2. The number of aromatic nitrogens is 4. The lowest BCUT2D eigenvalue weighted by molar-refractivity contribution is -0.116. The van der Waals surface area contributed by atoms with E-state index in [0.717, 1.165) is 30.2 Å². The summed E-state index contributed by atoms with van der Waals surface area (Å²) in [4.78, 5) is 14.9. The number of benzene rings is 1. The van der Waals surface area contributed by atoms with E-state index in [4.69, 9.17) is 5.10 Å². The molecule has 3 aromatic rings. The summed E-state index contributed by atoms with van der Waals surface area (Å²) in [5.74, 6) is 2.21. The van der Waals surface area contributed by atoms with Crippen LogP contribution in [0.4, 0.5) is 11.6 Å². The highest BCUT2D eigenvalue weighted by atomic mass is 16.1. The lowest BCUT2D eigenvalue weighted by atomic mass is 9.84. The molecule has 5 rings (SSSR count). The molecule has 7 nitrogen and oxygen atoms in total. The van der Waals surface area contributed by atoms with Gasteiger partial charge in [0.25, 0.3) is 0 Å². The van der Waals surface area contributed by atoms with Crippen LogP contribution in [0.1, 0.15) is 54.0 Å². The number of hydrogen-bond donors (Lipinski definition) is 1. The van der Waals surface area contributed by atoms with Gasteiger partial charge in [0.15, 0.2) is 11.6 Å². The van der Waals surface area contributed by atoms with Gasteiger partial charge >= 0.3 is 0 Å². The van der Waals surface area contributed by atoms with Gasteiger partial charge in [-0.2, -0.15) is 9.78 Å². The number of amides is 1. The minimum Gasteiger partial charge on any atom is -0.355 e. The Hall–Kier alpha value is -3.22. The van der Waals surface area contributed by atoms with E-state index in [1.807, 2.05) is 31.2 Å². The molecule has 7 heteroatoms. The third-order valence-corrected chi connectivity index (χ3v) is 6.20. The maximum atomic E-state index is 12.6. The highest BCUT2D eigenvalue weighted by molar-refractivity contribution is 5.95. The highest BCUT2D eigenvalue weighted by Gasteiger charge is 2.33. The van der Waals surface area contributed by atoms with Crippen LogP contribution in [0.3, 0.4) is 0 Å². The van der Waals surface area contributed by atoms with Crippen LogP contribution in [0.5, 0.6) is 0 Å². The second kappa shape index (κ2) is 7.55. The maximum Gasteiger partial charge on any atom is 0.226 e. The molecule has 0 bridgehead atoms. The van der Waals surface area contributed by atoms with Gasteiger partial charge in [0.05, 0.1) is 5.69 Å². The number of carbonyl (C=O) groups excluding carboxylic acids is 1. The van der Waals surface area contributed by atoms with E-state index in [9.17, 15) is 4.79 Å². The summed E-state index contributed by atoms with van der Waals surface area (Å²) >= 11 is 0. The summed E-state index contributed by atoms with van der Waals surface area (Å²) in [6.07, 6.45) is 4.09. The summed E-state index contributed by atoms with van der Waals surface area (Å²) in [6, 6.07) is 12.2. The molecule has 0 saturated carbocycles. The number of nitrogens with zero attached hydrogens (tertiary/aromatic N) is 5. The standard InChI is InChI=1S/C23H26N6O/c1-15-8-4-5-9-17(15)18-14-21(30)24-23-22(18)16(2)27-29(23)20-11-10-19(25-26-20)28-12-6-3-7-13-28/h4-5,8-11,18H,3,6-7,12-14H2,1-2H3,(H,24,30). The number of fused-ring (bicyclic) bond motifs is 1. The van der Waals surface area contributed by atoms with Crippen molar-refractivity contribution >= 4 is 17.5 Å². The minimum absolute atomic E-state index is 0.00482. The predicted octanol–water partition coefficient (Wildman–Crippen LogP) is 3.74. The first kappa shape index (κ1) is 18.8. The molecule has 2 aliphatic rings. The first-order valence-corrected chi connectivity index (χ1v) is 10.7. The van der Waals surface area contributed by atoms with Crippen LogP contribution in [0.15, 0.2) is 36.4 Å². The van der Waals surface area contributed by atoms with E-state index in [1.165, 1.54) is 30.4 Å². The molecule has 4 heterocycles. The van der Waals surface area contributed by atoms with Gasteiger partial charge < -0.3 is 10.2 Å². The Morgan fingerprint density at radius 1 is 0.967 bits per heavy atom. The summed E-state index contributed by atoms with van der Waals surface area (Å²) in [5, 5.41) is 16.7. The van der Waals surface area contributed by atoms with Crippen molar-refractivity contribution in [3.8, 4) is 5.82 Å². The van der Waals surface area contributed by atoms with Crippen molar-refractivity contribution in [1.29, 1.82) is 0 Å². The zero-order valence-corrected chi connectivity index (χ0v) is 17.4. The summed E-state index contributed by atoms with van der Waals surface area (Å²) in [6.45, 7) is 6.14. The summed E-state index contributed by atoms with van der Waals surface area (Å²) < 4.78 is 1.72. The molecule has 1 saturated heterocycles. The van der Waals surface area contributed by atoms with Crippen molar-refractivity contribution in [2.24, 2.45) is 0 Å². The molecule has 1 atom stereocenters. The number of anilines is 2. The lowest BCUT2D eigenvalue weighted by Gasteiger charge is -2.27. The molecule has 1 fully saturated rings. The average molecular weight is 403 g/mol. The Balaban J connectivity index is 1.53. The molecule has 30 heavy (non-hydrogen) atoms.